The Hall–Kier alpha value is -3.61. The van der Waals surface area contributed by atoms with Gasteiger partial charge in [0.15, 0.2) is 11.5 Å². The molecule has 3 atom stereocenters. The Balaban J connectivity index is 1.46. The predicted molar refractivity (Wildman–Crippen MR) is 149 cm³/mol. The van der Waals surface area contributed by atoms with Crippen molar-refractivity contribution in [3.8, 4) is 11.5 Å². The highest BCUT2D eigenvalue weighted by atomic mass is 32.2. The highest BCUT2D eigenvalue weighted by Gasteiger charge is 2.57. The van der Waals surface area contributed by atoms with Gasteiger partial charge < -0.3 is 19.5 Å². The standard InChI is InChI=1S/C28H27N3O7S2/c1-15-3-6-17(7-4-15)31-25(34)22-21(16-5-8-18(32)19(13-16)37-2)24-27(39-23(22)26(31)35)30(28(36)40-24)14-20(33)29-9-11-38-12-10-29/h3-8,13,21-23,32H,9-12,14H2,1-2H3. The number of aromatic hydroxyl groups is 1. The number of anilines is 1. The van der Waals surface area contributed by atoms with Crippen LogP contribution in [-0.2, 0) is 25.7 Å². The number of aromatic nitrogens is 1. The molecule has 3 unspecified atom stereocenters. The molecule has 12 heteroatoms. The molecule has 10 nitrogen and oxygen atoms in total. The summed E-state index contributed by atoms with van der Waals surface area (Å²) >= 11 is 2.16. The molecule has 0 spiro atoms. The minimum Gasteiger partial charge on any atom is -0.504 e. The van der Waals surface area contributed by atoms with E-state index in [-0.39, 0.29) is 40.6 Å². The molecule has 2 saturated heterocycles. The van der Waals surface area contributed by atoms with Gasteiger partial charge in [-0.15, -0.1) is 0 Å². The molecule has 4 heterocycles. The average molecular weight is 582 g/mol. The second-order valence-corrected chi connectivity index (χ2v) is 12.1. The lowest BCUT2D eigenvalue weighted by molar-refractivity contribution is -0.136. The Morgan fingerprint density at radius 1 is 1.07 bits per heavy atom. The summed E-state index contributed by atoms with van der Waals surface area (Å²) in [5.74, 6) is -2.21. The van der Waals surface area contributed by atoms with Gasteiger partial charge in [-0.3, -0.25) is 23.7 Å². The quantitative estimate of drug-likeness (QED) is 0.457. The van der Waals surface area contributed by atoms with Crippen molar-refractivity contribution in [1.82, 2.24) is 9.47 Å². The number of morpholine rings is 1. The van der Waals surface area contributed by atoms with Crippen molar-refractivity contribution in [3.63, 3.8) is 0 Å². The number of thiazole rings is 1. The van der Waals surface area contributed by atoms with Crippen molar-refractivity contribution >= 4 is 46.5 Å². The Kier molecular flexibility index (Phi) is 6.93. The molecule has 1 N–H and O–H groups in total. The lowest BCUT2D eigenvalue weighted by Crippen LogP contribution is -2.43. The monoisotopic (exact) mass is 581 g/mol. The van der Waals surface area contributed by atoms with Gasteiger partial charge >= 0.3 is 4.87 Å². The van der Waals surface area contributed by atoms with Crippen molar-refractivity contribution in [1.29, 1.82) is 0 Å². The Labute approximate surface area is 238 Å². The third-order valence-corrected chi connectivity index (χ3v) is 10.2. The van der Waals surface area contributed by atoms with E-state index in [1.807, 2.05) is 19.1 Å². The molecule has 0 radical (unpaired) electrons. The van der Waals surface area contributed by atoms with Crippen LogP contribution < -0.4 is 14.5 Å². The molecule has 3 aliphatic rings. The zero-order chi connectivity index (χ0) is 28.1. The largest absolute Gasteiger partial charge is 0.504 e. The number of methoxy groups -OCH3 is 1. The zero-order valence-corrected chi connectivity index (χ0v) is 23.5. The first-order chi connectivity index (χ1) is 19.3. The number of phenols is 1. The molecule has 208 valence electrons. The summed E-state index contributed by atoms with van der Waals surface area (Å²) in [5, 5.41) is 9.95. The van der Waals surface area contributed by atoms with Gasteiger partial charge in [-0.1, -0.05) is 46.9 Å². The number of thioether (sulfide) groups is 1. The predicted octanol–water partition coefficient (Wildman–Crippen LogP) is 2.59. The molecule has 0 bridgehead atoms. The van der Waals surface area contributed by atoms with Gasteiger partial charge in [0, 0.05) is 23.9 Å². The number of hydrogen-bond donors (Lipinski definition) is 1. The van der Waals surface area contributed by atoms with Crippen LogP contribution in [0.2, 0.25) is 0 Å². The molecule has 3 aromatic rings. The number of carbonyl (C=O) groups is 3. The molecule has 3 aliphatic heterocycles. The SMILES string of the molecule is COc1cc(C2c3sc(=O)n(CC(=O)N4CCOCC4)c3SC3C(=O)N(c4ccc(C)cc4)C(=O)C32)ccc1O. The first kappa shape index (κ1) is 26.6. The molecule has 0 saturated carbocycles. The molecule has 3 amide bonds. The van der Waals surface area contributed by atoms with E-state index in [2.05, 4.69) is 0 Å². The van der Waals surface area contributed by atoms with Gasteiger partial charge in [0.05, 0.1) is 37.0 Å². The van der Waals surface area contributed by atoms with E-state index in [1.54, 1.807) is 29.2 Å². The number of nitrogens with zero attached hydrogens (tertiary/aromatic N) is 3. The van der Waals surface area contributed by atoms with Crippen LogP contribution in [-0.4, -0.2) is 71.0 Å². The average Bonchev–Trinajstić information content (AvgIpc) is 3.40. The molecule has 6 rings (SSSR count). The highest BCUT2D eigenvalue weighted by molar-refractivity contribution is 8.00. The first-order valence-electron chi connectivity index (χ1n) is 12.9. The number of rotatable bonds is 5. The molecule has 40 heavy (non-hydrogen) atoms. The van der Waals surface area contributed by atoms with Crippen LogP contribution in [0, 0.1) is 12.8 Å². The fraction of sp³-hybridized carbons (Fsp3) is 0.357. The third-order valence-electron chi connectivity index (χ3n) is 7.56. The van der Waals surface area contributed by atoms with Crippen molar-refractivity contribution in [2.45, 2.75) is 29.7 Å². The molecule has 0 aliphatic carbocycles. The van der Waals surface area contributed by atoms with Crippen LogP contribution in [0.4, 0.5) is 5.69 Å². The minimum absolute atomic E-state index is 0.0646. The Bertz CT molecular complexity index is 1560. The summed E-state index contributed by atoms with van der Waals surface area (Å²) in [6.45, 7) is 3.55. The fourth-order valence-electron chi connectivity index (χ4n) is 5.50. The smallest absolute Gasteiger partial charge is 0.308 e. The lowest BCUT2D eigenvalue weighted by Gasteiger charge is -2.31. The van der Waals surface area contributed by atoms with Gasteiger partial charge in [-0.2, -0.15) is 0 Å². The Morgan fingerprint density at radius 3 is 2.50 bits per heavy atom. The second-order valence-electron chi connectivity index (χ2n) is 9.94. The van der Waals surface area contributed by atoms with Crippen LogP contribution in [0.15, 0.2) is 52.3 Å². The van der Waals surface area contributed by atoms with Crippen molar-refractivity contribution < 1.29 is 29.0 Å². The van der Waals surface area contributed by atoms with E-state index < -0.39 is 17.1 Å². The summed E-state index contributed by atoms with van der Waals surface area (Å²) in [4.78, 5) is 57.4. The molecule has 1 aromatic heterocycles. The summed E-state index contributed by atoms with van der Waals surface area (Å²) in [6, 6.07) is 12.0. The van der Waals surface area contributed by atoms with E-state index in [4.69, 9.17) is 9.47 Å². The number of phenolic OH excluding ortho intramolecular Hbond substituents is 1. The number of aryl methyl sites for hydroxylation is 1. The molecule has 2 aromatic carbocycles. The van der Waals surface area contributed by atoms with Gasteiger partial charge in [0.25, 0.3) is 0 Å². The van der Waals surface area contributed by atoms with Crippen molar-refractivity contribution in [3.05, 3.63) is 68.1 Å². The number of hydrogen-bond acceptors (Lipinski definition) is 9. The van der Waals surface area contributed by atoms with Crippen LogP contribution in [0.1, 0.15) is 21.9 Å². The van der Waals surface area contributed by atoms with Gasteiger partial charge in [-0.05, 0) is 36.8 Å². The fourth-order valence-corrected chi connectivity index (χ4v) is 8.27. The molecule has 2 fully saturated rings. The second kappa shape index (κ2) is 10.4. The summed E-state index contributed by atoms with van der Waals surface area (Å²) in [5.41, 5.74) is 2.12. The van der Waals surface area contributed by atoms with Crippen LogP contribution in [0.25, 0.3) is 0 Å². The summed E-state index contributed by atoms with van der Waals surface area (Å²) in [7, 11) is 1.43. The number of carbonyl (C=O) groups excluding carboxylic acids is 3. The maximum atomic E-state index is 14.0. The zero-order valence-electron chi connectivity index (χ0n) is 21.9. The number of benzene rings is 2. The van der Waals surface area contributed by atoms with Gasteiger partial charge in [-0.25, -0.2) is 4.90 Å². The van der Waals surface area contributed by atoms with Gasteiger partial charge in [0.1, 0.15) is 11.8 Å². The minimum atomic E-state index is -0.801. The maximum Gasteiger partial charge on any atom is 0.308 e. The normalized spacial score (nSPS) is 22.3. The first-order valence-corrected chi connectivity index (χ1v) is 14.5. The summed E-state index contributed by atoms with van der Waals surface area (Å²) in [6.07, 6.45) is 0. The molecular weight excluding hydrogens is 554 g/mol. The van der Waals surface area contributed by atoms with Crippen LogP contribution in [0.3, 0.4) is 0 Å². The lowest BCUT2D eigenvalue weighted by atomic mass is 9.83. The van der Waals surface area contributed by atoms with E-state index in [0.717, 1.165) is 16.9 Å². The van der Waals surface area contributed by atoms with Crippen LogP contribution in [0.5, 0.6) is 11.5 Å². The van der Waals surface area contributed by atoms with Crippen molar-refractivity contribution in [2.75, 3.05) is 38.3 Å². The summed E-state index contributed by atoms with van der Waals surface area (Å²) < 4.78 is 12.1. The molecular formula is C28H27N3O7S2. The maximum absolute atomic E-state index is 14.0. The number of fused-ring (bicyclic) bond motifs is 2. The number of ether oxygens (including phenoxy) is 2. The van der Waals surface area contributed by atoms with Crippen LogP contribution >= 0.6 is 23.1 Å². The third kappa shape index (κ3) is 4.40. The van der Waals surface area contributed by atoms with E-state index >= 15 is 0 Å². The van der Waals surface area contributed by atoms with E-state index in [0.29, 0.717) is 47.5 Å². The van der Waals surface area contributed by atoms with Crippen molar-refractivity contribution in [2.24, 2.45) is 5.92 Å². The van der Waals surface area contributed by atoms with E-state index in [9.17, 15) is 24.3 Å². The highest BCUT2D eigenvalue weighted by Crippen LogP contribution is 2.54. The van der Waals surface area contributed by atoms with E-state index in [1.165, 1.54) is 34.4 Å². The number of amides is 3. The Morgan fingerprint density at radius 2 is 1.80 bits per heavy atom. The van der Waals surface area contributed by atoms with Gasteiger partial charge in [0.2, 0.25) is 17.7 Å². The number of imide groups is 1. The topological polar surface area (TPSA) is 118 Å².